The largest absolute Gasteiger partial charge is 0.458 e. The van der Waals surface area contributed by atoms with Gasteiger partial charge in [0.25, 0.3) is 0 Å². The smallest absolute Gasteiger partial charge is 0.408 e. The van der Waals surface area contributed by atoms with Gasteiger partial charge in [-0.25, -0.2) is 9.59 Å². The predicted molar refractivity (Wildman–Crippen MR) is 165 cm³/mol. The number of aromatic nitrogens is 2. The van der Waals surface area contributed by atoms with Gasteiger partial charge in [0.1, 0.15) is 18.2 Å². The number of ether oxygens (including phenoxy) is 2. The molecule has 0 fully saturated rings. The van der Waals surface area contributed by atoms with Crippen molar-refractivity contribution in [3.63, 3.8) is 0 Å². The maximum Gasteiger partial charge on any atom is 0.408 e. The molecule has 0 aliphatic heterocycles. The number of fused-ring (bicyclic) bond motifs is 3. The van der Waals surface area contributed by atoms with E-state index in [-0.39, 0.29) is 13.0 Å². The Bertz CT molecular complexity index is 1490. The lowest BCUT2D eigenvalue weighted by molar-refractivity contribution is -0.147. The number of carbonyl (C=O) groups excluding carboxylic acids is 2. The zero-order valence-corrected chi connectivity index (χ0v) is 25.3. The molecule has 1 atom stereocenters. The van der Waals surface area contributed by atoms with Gasteiger partial charge in [0.05, 0.1) is 16.9 Å². The Labute approximate surface area is 250 Å². The number of aryl methyl sites for hydroxylation is 1. The van der Waals surface area contributed by atoms with Gasteiger partial charge in [-0.15, -0.1) is 23.2 Å². The second-order valence-corrected chi connectivity index (χ2v) is 11.6. The average Bonchev–Trinajstić information content (AvgIpc) is 3.30. The van der Waals surface area contributed by atoms with Crippen molar-refractivity contribution in [2.24, 2.45) is 0 Å². The minimum absolute atomic E-state index is 0.0353. The highest BCUT2D eigenvalue weighted by molar-refractivity contribution is 6.18. The highest BCUT2D eigenvalue weighted by Gasteiger charge is 2.26. The number of pyridine rings is 1. The second kappa shape index (κ2) is 13.4. The van der Waals surface area contributed by atoms with Gasteiger partial charge in [-0.2, -0.15) is 0 Å². The lowest BCUT2D eigenvalue weighted by Gasteiger charge is -2.24. The Hall–Kier alpha value is -3.49. The molecule has 0 saturated heterocycles. The van der Waals surface area contributed by atoms with Crippen molar-refractivity contribution >= 4 is 62.8 Å². The fourth-order valence-corrected chi connectivity index (χ4v) is 5.09. The van der Waals surface area contributed by atoms with Crippen LogP contribution in [0.4, 0.5) is 10.5 Å². The van der Waals surface area contributed by atoms with Crippen molar-refractivity contribution in [3.8, 4) is 0 Å². The number of para-hydroxylation sites is 1. The molecule has 4 aromatic rings. The van der Waals surface area contributed by atoms with Gasteiger partial charge in [-0.3, -0.25) is 4.98 Å². The monoisotopic (exact) mass is 598 g/mol. The molecule has 2 heterocycles. The van der Waals surface area contributed by atoms with Crippen LogP contribution in [0.15, 0.2) is 54.6 Å². The van der Waals surface area contributed by atoms with Crippen molar-refractivity contribution in [3.05, 3.63) is 71.5 Å². The Morgan fingerprint density at radius 2 is 1.71 bits per heavy atom. The molecule has 0 spiro atoms. The summed E-state index contributed by atoms with van der Waals surface area (Å²) in [5.74, 6) is 0.381. The van der Waals surface area contributed by atoms with Gasteiger partial charge in [-0.05, 0) is 57.5 Å². The minimum atomic E-state index is -0.963. The summed E-state index contributed by atoms with van der Waals surface area (Å²) in [4.78, 5) is 36.1. The van der Waals surface area contributed by atoms with E-state index in [1.165, 1.54) is 0 Å². The van der Waals surface area contributed by atoms with Crippen molar-refractivity contribution in [1.82, 2.24) is 15.3 Å². The van der Waals surface area contributed by atoms with E-state index >= 15 is 0 Å². The SMILES string of the molecule is Cc1nc(COC(=O)[C@H](Cc2ccc(N(CCCl)CCCl)cc2)NC(=O)OC(C)(C)C)cc2c1[nH]c1ccccc12. The summed E-state index contributed by atoms with van der Waals surface area (Å²) in [6.45, 7) is 8.51. The summed E-state index contributed by atoms with van der Waals surface area (Å²) in [5, 5.41) is 4.78. The molecular formula is C31H36Cl2N4O4. The first kappa shape index (κ1) is 30.5. The van der Waals surface area contributed by atoms with E-state index in [4.69, 9.17) is 32.7 Å². The average molecular weight is 600 g/mol. The number of anilines is 1. The van der Waals surface area contributed by atoms with Crippen LogP contribution in [-0.2, 0) is 27.3 Å². The number of hydrogen-bond donors (Lipinski definition) is 2. The lowest BCUT2D eigenvalue weighted by atomic mass is 10.1. The van der Waals surface area contributed by atoms with E-state index in [9.17, 15) is 9.59 Å². The molecule has 0 saturated carbocycles. The van der Waals surface area contributed by atoms with Crippen molar-refractivity contribution in [1.29, 1.82) is 0 Å². The summed E-state index contributed by atoms with van der Waals surface area (Å²) in [6, 6.07) is 16.7. The number of rotatable bonds is 11. The van der Waals surface area contributed by atoms with Crippen LogP contribution in [0.2, 0.25) is 0 Å². The molecule has 4 rings (SSSR count). The molecule has 0 aliphatic rings. The molecule has 0 radical (unpaired) electrons. The number of alkyl carbamates (subject to hydrolysis) is 1. The highest BCUT2D eigenvalue weighted by atomic mass is 35.5. The molecule has 41 heavy (non-hydrogen) atoms. The summed E-state index contributed by atoms with van der Waals surface area (Å²) in [7, 11) is 0. The molecule has 2 aromatic carbocycles. The Balaban J connectivity index is 1.51. The Morgan fingerprint density at radius 1 is 1.02 bits per heavy atom. The van der Waals surface area contributed by atoms with Crippen LogP contribution in [0.5, 0.6) is 0 Å². The van der Waals surface area contributed by atoms with E-state index in [1.807, 2.05) is 61.5 Å². The maximum absolute atomic E-state index is 13.3. The van der Waals surface area contributed by atoms with Gasteiger partial charge in [-0.1, -0.05) is 30.3 Å². The van der Waals surface area contributed by atoms with Gasteiger partial charge < -0.3 is 24.7 Å². The standard InChI is InChI=1S/C31H36Cl2N4O4/c1-20-28-25(24-7-5-6-8-26(24)35-28)18-22(34-20)19-40-29(38)27(36-30(39)41-31(2,3)4)17-21-9-11-23(12-10-21)37(15-13-32)16-14-33/h5-12,18,27,35H,13-17,19H2,1-4H3,(H,36,39)/t27-/m0/s1. The molecule has 0 aliphatic carbocycles. The number of aromatic amines is 1. The predicted octanol–water partition coefficient (Wildman–Crippen LogP) is 6.49. The van der Waals surface area contributed by atoms with E-state index in [0.29, 0.717) is 30.5 Å². The minimum Gasteiger partial charge on any atom is -0.458 e. The van der Waals surface area contributed by atoms with E-state index in [0.717, 1.165) is 38.8 Å². The van der Waals surface area contributed by atoms with Crippen LogP contribution in [0, 0.1) is 6.92 Å². The molecule has 10 heteroatoms. The van der Waals surface area contributed by atoms with Gasteiger partial charge in [0.2, 0.25) is 0 Å². The zero-order chi connectivity index (χ0) is 29.6. The summed E-state index contributed by atoms with van der Waals surface area (Å²) in [6.07, 6.45) is -0.474. The van der Waals surface area contributed by atoms with Crippen LogP contribution in [0.1, 0.15) is 37.7 Å². The number of hydrogen-bond acceptors (Lipinski definition) is 6. The molecule has 0 unspecified atom stereocenters. The van der Waals surface area contributed by atoms with Gasteiger partial charge in [0.15, 0.2) is 0 Å². The second-order valence-electron chi connectivity index (χ2n) is 10.8. The number of H-pyrrole nitrogens is 1. The Kier molecular flexibility index (Phi) is 9.99. The van der Waals surface area contributed by atoms with Gasteiger partial charge in [0, 0.05) is 53.2 Å². The van der Waals surface area contributed by atoms with Gasteiger partial charge >= 0.3 is 12.1 Å². The van der Waals surface area contributed by atoms with Crippen molar-refractivity contribution in [2.75, 3.05) is 29.7 Å². The van der Waals surface area contributed by atoms with Crippen LogP contribution in [0.3, 0.4) is 0 Å². The fraction of sp³-hybridized carbons (Fsp3) is 0.387. The fourth-order valence-electron chi connectivity index (χ4n) is 4.68. The number of nitrogens with one attached hydrogen (secondary N) is 2. The normalized spacial score (nSPS) is 12.3. The number of alkyl halides is 2. The van der Waals surface area contributed by atoms with Crippen LogP contribution in [0.25, 0.3) is 21.8 Å². The quantitative estimate of drug-likeness (QED) is 0.151. The number of nitrogens with zero attached hydrogens (tertiary/aromatic N) is 2. The number of halogens is 2. The van der Waals surface area contributed by atoms with Crippen LogP contribution in [-0.4, -0.2) is 58.5 Å². The summed E-state index contributed by atoms with van der Waals surface area (Å²) in [5.41, 5.74) is 4.50. The third-order valence-electron chi connectivity index (χ3n) is 6.52. The molecular weight excluding hydrogens is 563 g/mol. The molecule has 2 N–H and O–H groups in total. The molecule has 8 nitrogen and oxygen atoms in total. The highest BCUT2D eigenvalue weighted by Crippen LogP contribution is 2.27. The summed E-state index contributed by atoms with van der Waals surface area (Å²) >= 11 is 11.9. The van der Waals surface area contributed by atoms with Crippen molar-refractivity contribution in [2.45, 2.75) is 52.4 Å². The maximum atomic E-state index is 13.3. The Morgan fingerprint density at radius 3 is 2.37 bits per heavy atom. The first-order chi connectivity index (χ1) is 19.6. The molecule has 0 bridgehead atoms. The van der Waals surface area contributed by atoms with E-state index < -0.39 is 23.7 Å². The number of carbonyl (C=O) groups is 2. The van der Waals surface area contributed by atoms with Crippen LogP contribution < -0.4 is 10.2 Å². The first-order valence-electron chi connectivity index (χ1n) is 13.6. The topological polar surface area (TPSA) is 96.6 Å². The molecule has 2 aromatic heterocycles. The molecule has 1 amide bonds. The van der Waals surface area contributed by atoms with Crippen LogP contribution >= 0.6 is 23.2 Å². The number of esters is 1. The van der Waals surface area contributed by atoms with E-state index in [2.05, 4.69) is 20.2 Å². The summed E-state index contributed by atoms with van der Waals surface area (Å²) < 4.78 is 11.1. The zero-order valence-electron chi connectivity index (χ0n) is 23.8. The number of benzene rings is 2. The van der Waals surface area contributed by atoms with E-state index in [1.54, 1.807) is 20.8 Å². The van der Waals surface area contributed by atoms with Crippen molar-refractivity contribution < 1.29 is 19.1 Å². The lowest BCUT2D eigenvalue weighted by Crippen LogP contribution is -2.45. The molecule has 218 valence electrons. The number of amides is 1. The first-order valence-corrected chi connectivity index (χ1v) is 14.6. The third-order valence-corrected chi connectivity index (χ3v) is 6.86. The third kappa shape index (κ3) is 8.05.